The molecule has 0 atom stereocenters. The Bertz CT molecular complexity index is 1260. The first kappa shape index (κ1) is 20.8. The summed E-state index contributed by atoms with van der Waals surface area (Å²) in [5, 5.41) is 7.72. The third kappa shape index (κ3) is 4.20. The van der Waals surface area contributed by atoms with Crippen molar-refractivity contribution >= 4 is 23.2 Å². The van der Waals surface area contributed by atoms with Crippen molar-refractivity contribution in [2.45, 2.75) is 20.8 Å². The highest BCUT2D eigenvalue weighted by Gasteiger charge is 2.21. The van der Waals surface area contributed by atoms with Crippen molar-refractivity contribution in [1.82, 2.24) is 14.8 Å². The molecule has 0 saturated carbocycles. The smallest absolute Gasteiger partial charge is 0.295 e. The molecule has 0 fully saturated rings. The van der Waals surface area contributed by atoms with Crippen molar-refractivity contribution in [3.63, 3.8) is 0 Å². The van der Waals surface area contributed by atoms with Gasteiger partial charge in [-0.3, -0.25) is 4.79 Å². The van der Waals surface area contributed by atoms with Gasteiger partial charge in [-0.15, -0.1) is 5.10 Å². The van der Waals surface area contributed by atoms with Gasteiger partial charge in [0, 0.05) is 5.56 Å². The monoisotopic (exact) mass is 434 g/mol. The first-order chi connectivity index (χ1) is 14.8. The molecule has 4 rings (SSSR count). The van der Waals surface area contributed by atoms with Crippen LogP contribution in [0.2, 0.25) is 5.02 Å². The Kier molecular flexibility index (Phi) is 5.57. The second-order valence-electron chi connectivity index (χ2n) is 7.35. The lowest BCUT2D eigenvalue weighted by Gasteiger charge is -2.10. The van der Waals surface area contributed by atoms with Gasteiger partial charge in [-0.2, -0.15) is 0 Å². The van der Waals surface area contributed by atoms with E-state index in [9.17, 15) is 9.18 Å². The number of para-hydroxylation sites is 1. The third-order valence-electron chi connectivity index (χ3n) is 4.95. The molecule has 1 N–H and O–H groups in total. The van der Waals surface area contributed by atoms with Crippen LogP contribution in [0.3, 0.4) is 0 Å². The molecule has 0 aliphatic rings. The molecule has 4 aromatic rings. The summed E-state index contributed by atoms with van der Waals surface area (Å²) in [5.74, 6) is -0.414. The Labute approximate surface area is 184 Å². The molecule has 0 radical (unpaired) electrons. The van der Waals surface area contributed by atoms with Gasteiger partial charge < -0.3 is 5.32 Å². The van der Waals surface area contributed by atoms with Crippen molar-refractivity contribution in [2.24, 2.45) is 0 Å². The van der Waals surface area contributed by atoms with Crippen molar-refractivity contribution in [3.05, 3.63) is 94.0 Å². The number of nitrogens with one attached hydrogen (secondary N) is 1. The molecule has 31 heavy (non-hydrogen) atoms. The van der Waals surface area contributed by atoms with Gasteiger partial charge in [0.25, 0.3) is 5.91 Å². The molecule has 156 valence electrons. The van der Waals surface area contributed by atoms with Gasteiger partial charge in [-0.05, 0) is 68.3 Å². The topological polar surface area (TPSA) is 59.8 Å². The van der Waals surface area contributed by atoms with Gasteiger partial charge in [0.05, 0.1) is 16.4 Å². The molecule has 0 aliphatic carbocycles. The second-order valence-corrected chi connectivity index (χ2v) is 7.76. The Hall–Kier alpha value is -3.51. The molecule has 1 amide bonds. The van der Waals surface area contributed by atoms with Crippen LogP contribution in [0.1, 0.15) is 27.3 Å². The zero-order valence-corrected chi connectivity index (χ0v) is 18.0. The van der Waals surface area contributed by atoms with Crippen molar-refractivity contribution in [1.29, 1.82) is 0 Å². The molecule has 1 heterocycles. The van der Waals surface area contributed by atoms with Crippen LogP contribution in [0.5, 0.6) is 0 Å². The number of benzene rings is 3. The Morgan fingerprint density at radius 1 is 1.00 bits per heavy atom. The molecule has 0 saturated heterocycles. The van der Waals surface area contributed by atoms with Gasteiger partial charge in [0.2, 0.25) is 5.82 Å². The Balaban J connectivity index is 1.81. The van der Waals surface area contributed by atoms with E-state index in [1.807, 2.05) is 51.1 Å². The van der Waals surface area contributed by atoms with Crippen molar-refractivity contribution < 1.29 is 9.18 Å². The largest absolute Gasteiger partial charge is 0.318 e. The lowest BCUT2D eigenvalue weighted by Crippen LogP contribution is -2.15. The Morgan fingerprint density at radius 3 is 2.42 bits per heavy atom. The Morgan fingerprint density at radius 2 is 1.74 bits per heavy atom. The maximum absolute atomic E-state index is 13.5. The quantitative estimate of drug-likeness (QED) is 0.434. The fraction of sp³-hybridized carbons (Fsp3) is 0.125. The van der Waals surface area contributed by atoms with E-state index >= 15 is 0 Å². The van der Waals surface area contributed by atoms with E-state index in [-0.39, 0.29) is 11.6 Å². The standard InChI is InChI=1S/C24H20ClFN4O/c1-14-7-12-20(16(3)13-14)30-23(17-8-10-18(26)11-9-17)28-22(29-30)24(31)27-21-15(2)5-4-6-19(21)25/h4-13H,1-3H3,(H,27,31). The van der Waals surface area contributed by atoms with Crippen LogP contribution in [0.25, 0.3) is 17.1 Å². The average Bonchev–Trinajstić information content (AvgIpc) is 3.16. The van der Waals surface area contributed by atoms with E-state index in [4.69, 9.17) is 11.6 Å². The second kappa shape index (κ2) is 8.32. The number of aryl methyl sites for hydroxylation is 3. The fourth-order valence-corrected chi connectivity index (χ4v) is 3.63. The molecular formula is C24H20ClFN4O. The number of anilines is 1. The summed E-state index contributed by atoms with van der Waals surface area (Å²) in [6, 6.07) is 17.2. The number of hydrogen-bond donors (Lipinski definition) is 1. The zero-order chi connectivity index (χ0) is 22.1. The molecule has 0 bridgehead atoms. The predicted octanol–water partition coefficient (Wildman–Crippen LogP) is 5.90. The van der Waals surface area contributed by atoms with Crippen molar-refractivity contribution in [2.75, 3.05) is 5.32 Å². The van der Waals surface area contributed by atoms with Gasteiger partial charge in [0.1, 0.15) is 5.82 Å². The van der Waals surface area contributed by atoms with E-state index in [0.717, 1.165) is 22.4 Å². The minimum absolute atomic E-state index is 0.0152. The van der Waals surface area contributed by atoms with Crippen LogP contribution in [0, 0.1) is 26.6 Å². The van der Waals surface area contributed by atoms with Crippen LogP contribution in [0.15, 0.2) is 60.7 Å². The van der Waals surface area contributed by atoms with E-state index in [1.54, 1.807) is 22.9 Å². The number of carbonyl (C=O) groups excluding carboxylic acids is 1. The summed E-state index contributed by atoms with van der Waals surface area (Å²) in [6.45, 7) is 5.82. The maximum atomic E-state index is 13.5. The summed E-state index contributed by atoms with van der Waals surface area (Å²) in [7, 11) is 0. The highest BCUT2D eigenvalue weighted by Crippen LogP contribution is 2.27. The maximum Gasteiger partial charge on any atom is 0.295 e. The number of nitrogens with zero attached hydrogens (tertiary/aromatic N) is 3. The van der Waals surface area contributed by atoms with E-state index in [0.29, 0.717) is 22.1 Å². The van der Waals surface area contributed by atoms with E-state index in [1.165, 1.54) is 12.1 Å². The van der Waals surface area contributed by atoms with Crippen LogP contribution in [-0.4, -0.2) is 20.7 Å². The minimum atomic E-state index is -0.483. The van der Waals surface area contributed by atoms with E-state index < -0.39 is 5.91 Å². The van der Waals surface area contributed by atoms with Gasteiger partial charge in [-0.1, -0.05) is 41.4 Å². The van der Waals surface area contributed by atoms with Crippen LogP contribution >= 0.6 is 11.6 Å². The lowest BCUT2D eigenvalue weighted by molar-refractivity contribution is 0.101. The summed E-state index contributed by atoms with van der Waals surface area (Å²) in [4.78, 5) is 17.5. The van der Waals surface area contributed by atoms with Gasteiger partial charge in [0.15, 0.2) is 5.82 Å². The number of rotatable bonds is 4. The SMILES string of the molecule is Cc1ccc(-n2nc(C(=O)Nc3c(C)cccc3Cl)nc2-c2ccc(F)cc2)c(C)c1. The number of carbonyl (C=O) groups is 1. The fourth-order valence-electron chi connectivity index (χ4n) is 3.36. The summed E-state index contributed by atoms with van der Waals surface area (Å²) in [6.07, 6.45) is 0. The number of amides is 1. The van der Waals surface area contributed by atoms with Crippen molar-refractivity contribution in [3.8, 4) is 17.1 Å². The number of aromatic nitrogens is 3. The molecule has 0 unspecified atom stereocenters. The highest BCUT2D eigenvalue weighted by molar-refractivity contribution is 6.34. The molecule has 5 nitrogen and oxygen atoms in total. The first-order valence-corrected chi connectivity index (χ1v) is 10.1. The molecule has 1 aromatic heterocycles. The van der Waals surface area contributed by atoms with Gasteiger partial charge in [-0.25, -0.2) is 14.1 Å². The third-order valence-corrected chi connectivity index (χ3v) is 5.27. The number of halogens is 2. The highest BCUT2D eigenvalue weighted by atomic mass is 35.5. The lowest BCUT2D eigenvalue weighted by atomic mass is 10.1. The van der Waals surface area contributed by atoms with Gasteiger partial charge >= 0.3 is 0 Å². The summed E-state index contributed by atoms with van der Waals surface area (Å²) < 4.78 is 15.1. The normalized spacial score (nSPS) is 10.9. The summed E-state index contributed by atoms with van der Waals surface area (Å²) in [5.41, 5.74) is 4.85. The van der Waals surface area contributed by atoms with E-state index in [2.05, 4.69) is 15.4 Å². The number of hydrogen-bond acceptors (Lipinski definition) is 3. The molecule has 3 aromatic carbocycles. The zero-order valence-electron chi connectivity index (χ0n) is 17.3. The summed E-state index contributed by atoms with van der Waals surface area (Å²) >= 11 is 6.24. The molecule has 0 aliphatic heterocycles. The van der Waals surface area contributed by atoms with Crippen LogP contribution < -0.4 is 5.32 Å². The minimum Gasteiger partial charge on any atom is -0.318 e. The molecule has 0 spiro atoms. The first-order valence-electron chi connectivity index (χ1n) is 9.70. The van der Waals surface area contributed by atoms with Crippen LogP contribution in [-0.2, 0) is 0 Å². The molecular weight excluding hydrogens is 415 g/mol. The predicted molar refractivity (Wildman–Crippen MR) is 120 cm³/mol. The average molecular weight is 435 g/mol. The molecule has 7 heteroatoms. The van der Waals surface area contributed by atoms with Crippen LogP contribution in [0.4, 0.5) is 10.1 Å².